The van der Waals surface area contributed by atoms with Crippen molar-refractivity contribution in [1.82, 2.24) is 5.32 Å². The van der Waals surface area contributed by atoms with Gasteiger partial charge in [-0.3, -0.25) is 9.59 Å². The quantitative estimate of drug-likeness (QED) is 0.746. The molecule has 1 aromatic rings. The molecular formula is C16H22FNO3S. The molecule has 1 aromatic carbocycles. The van der Waals surface area contributed by atoms with Gasteiger partial charge in [0, 0.05) is 0 Å². The first-order valence-corrected chi connectivity index (χ1v) is 8.37. The molecule has 0 saturated heterocycles. The molecule has 0 aliphatic rings. The Balaban J connectivity index is 2.51. The van der Waals surface area contributed by atoms with E-state index in [4.69, 9.17) is 4.74 Å². The number of nitrogens with one attached hydrogen (secondary N) is 1. The SMILES string of the molecule is CCOC(=O)CSCC(=O)NC(c1ccc(F)cc1)C(C)C. The molecular weight excluding hydrogens is 305 g/mol. The summed E-state index contributed by atoms with van der Waals surface area (Å²) in [5.41, 5.74) is 0.861. The average Bonchev–Trinajstić information content (AvgIpc) is 2.46. The summed E-state index contributed by atoms with van der Waals surface area (Å²) >= 11 is 1.21. The maximum Gasteiger partial charge on any atom is 0.315 e. The van der Waals surface area contributed by atoms with Gasteiger partial charge >= 0.3 is 5.97 Å². The van der Waals surface area contributed by atoms with E-state index in [0.717, 1.165) is 5.56 Å². The minimum absolute atomic E-state index is 0.155. The Labute approximate surface area is 134 Å². The summed E-state index contributed by atoms with van der Waals surface area (Å²) in [6.07, 6.45) is 0. The second kappa shape index (κ2) is 9.46. The van der Waals surface area contributed by atoms with Crippen molar-refractivity contribution in [2.24, 2.45) is 5.92 Å². The van der Waals surface area contributed by atoms with E-state index in [-0.39, 0.29) is 41.2 Å². The van der Waals surface area contributed by atoms with Crippen LogP contribution in [0.2, 0.25) is 0 Å². The van der Waals surface area contributed by atoms with Crippen molar-refractivity contribution < 1.29 is 18.7 Å². The number of halogens is 1. The molecule has 6 heteroatoms. The lowest BCUT2D eigenvalue weighted by atomic mass is 9.96. The minimum atomic E-state index is -0.320. The molecule has 0 spiro atoms. The van der Waals surface area contributed by atoms with Gasteiger partial charge in [0.15, 0.2) is 0 Å². The van der Waals surface area contributed by atoms with Crippen LogP contribution in [0.15, 0.2) is 24.3 Å². The summed E-state index contributed by atoms with van der Waals surface area (Å²) < 4.78 is 17.8. The molecule has 22 heavy (non-hydrogen) atoms. The predicted octanol–water partition coefficient (Wildman–Crippen LogP) is 2.94. The fourth-order valence-corrected chi connectivity index (χ4v) is 2.57. The fraction of sp³-hybridized carbons (Fsp3) is 0.500. The van der Waals surface area contributed by atoms with Crippen molar-refractivity contribution in [2.45, 2.75) is 26.8 Å². The lowest BCUT2D eigenvalue weighted by molar-refractivity contribution is -0.139. The molecule has 0 aromatic heterocycles. The number of ether oxygens (including phenoxy) is 1. The van der Waals surface area contributed by atoms with Gasteiger partial charge in [-0.15, -0.1) is 11.8 Å². The molecule has 0 heterocycles. The van der Waals surface area contributed by atoms with Crippen LogP contribution in [-0.2, 0) is 14.3 Å². The molecule has 0 fully saturated rings. The molecule has 0 aliphatic carbocycles. The van der Waals surface area contributed by atoms with Crippen LogP contribution in [0.4, 0.5) is 4.39 Å². The zero-order chi connectivity index (χ0) is 16.5. The van der Waals surface area contributed by atoms with Gasteiger partial charge in [0.25, 0.3) is 0 Å². The lowest BCUT2D eigenvalue weighted by Gasteiger charge is -2.23. The van der Waals surface area contributed by atoms with E-state index in [1.165, 1.54) is 23.9 Å². The van der Waals surface area contributed by atoms with Crippen molar-refractivity contribution in [1.29, 1.82) is 0 Å². The third-order valence-electron chi connectivity index (χ3n) is 2.97. The molecule has 1 rings (SSSR count). The maximum absolute atomic E-state index is 13.0. The smallest absolute Gasteiger partial charge is 0.315 e. The van der Waals surface area contributed by atoms with E-state index >= 15 is 0 Å². The average molecular weight is 327 g/mol. The van der Waals surface area contributed by atoms with E-state index in [1.807, 2.05) is 13.8 Å². The summed E-state index contributed by atoms with van der Waals surface area (Å²) in [6, 6.07) is 5.92. The molecule has 0 aliphatic heterocycles. The largest absolute Gasteiger partial charge is 0.465 e. The number of benzene rings is 1. The normalized spacial score (nSPS) is 12.0. The summed E-state index contributed by atoms with van der Waals surface area (Å²) in [5, 5.41) is 2.92. The fourth-order valence-electron chi connectivity index (χ4n) is 1.95. The van der Waals surface area contributed by atoms with Crippen molar-refractivity contribution in [3.63, 3.8) is 0 Å². The standard InChI is InChI=1S/C16H22FNO3S/c1-4-21-15(20)10-22-9-14(19)18-16(11(2)3)12-5-7-13(17)8-6-12/h5-8,11,16H,4,9-10H2,1-3H3,(H,18,19). The highest BCUT2D eigenvalue weighted by molar-refractivity contribution is 8.00. The third kappa shape index (κ3) is 6.47. The Morgan fingerprint density at radius 3 is 2.41 bits per heavy atom. The molecule has 0 bridgehead atoms. The maximum atomic E-state index is 13.0. The molecule has 1 amide bonds. The minimum Gasteiger partial charge on any atom is -0.465 e. The van der Waals surface area contributed by atoms with Crippen molar-refractivity contribution in [3.8, 4) is 0 Å². The van der Waals surface area contributed by atoms with Crippen LogP contribution in [0.5, 0.6) is 0 Å². The Morgan fingerprint density at radius 2 is 1.86 bits per heavy atom. The highest BCUT2D eigenvalue weighted by Crippen LogP contribution is 2.22. The zero-order valence-corrected chi connectivity index (χ0v) is 13.9. The van der Waals surface area contributed by atoms with Gasteiger partial charge in [-0.05, 0) is 30.5 Å². The zero-order valence-electron chi connectivity index (χ0n) is 13.1. The molecule has 1 unspecified atom stereocenters. The number of amides is 1. The highest BCUT2D eigenvalue weighted by Gasteiger charge is 2.18. The molecule has 0 radical (unpaired) electrons. The molecule has 4 nitrogen and oxygen atoms in total. The summed E-state index contributed by atoms with van der Waals surface area (Å²) in [6.45, 7) is 6.05. The Kier molecular flexibility index (Phi) is 7.95. The van der Waals surface area contributed by atoms with Crippen LogP contribution in [0, 0.1) is 11.7 Å². The first-order chi connectivity index (χ1) is 10.4. The van der Waals surface area contributed by atoms with Crippen LogP contribution in [0.1, 0.15) is 32.4 Å². The predicted molar refractivity (Wildman–Crippen MR) is 86.1 cm³/mol. The first-order valence-electron chi connectivity index (χ1n) is 7.22. The van der Waals surface area contributed by atoms with Crippen LogP contribution < -0.4 is 5.32 Å². The number of rotatable bonds is 8. The van der Waals surface area contributed by atoms with Crippen molar-refractivity contribution in [2.75, 3.05) is 18.1 Å². The van der Waals surface area contributed by atoms with Gasteiger partial charge in [-0.2, -0.15) is 0 Å². The summed E-state index contributed by atoms with van der Waals surface area (Å²) in [4.78, 5) is 23.2. The topological polar surface area (TPSA) is 55.4 Å². The van der Waals surface area contributed by atoms with Crippen molar-refractivity contribution in [3.05, 3.63) is 35.6 Å². The Morgan fingerprint density at radius 1 is 1.23 bits per heavy atom. The van der Waals surface area contributed by atoms with Crippen LogP contribution in [-0.4, -0.2) is 30.0 Å². The van der Waals surface area contributed by atoms with E-state index in [1.54, 1.807) is 19.1 Å². The van der Waals surface area contributed by atoms with Crippen LogP contribution >= 0.6 is 11.8 Å². The number of hydrogen-bond donors (Lipinski definition) is 1. The number of thioether (sulfide) groups is 1. The number of hydrogen-bond acceptors (Lipinski definition) is 4. The molecule has 1 N–H and O–H groups in total. The summed E-state index contributed by atoms with van der Waals surface area (Å²) in [7, 11) is 0. The summed E-state index contributed by atoms with van der Waals surface area (Å²) in [5.74, 6) is -0.267. The van der Waals surface area contributed by atoms with E-state index in [0.29, 0.717) is 6.61 Å². The number of esters is 1. The van der Waals surface area contributed by atoms with Gasteiger partial charge in [-0.1, -0.05) is 26.0 Å². The van der Waals surface area contributed by atoms with Crippen molar-refractivity contribution >= 4 is 23.6 Å². The van der Waals surface area contributed by atoms with Gasteiger partial charge < -0.3 is 10.1 Å². The number of carbonyl (C=O) groups excluding carboxylic acids is 2. The van der Waals surface area contributed by atoms with Gasteiger partial charge in [0.1, 0.15) is 5.82 Å². The van der Waals surface area contributed by atoms with E-state index < -0.39 is 0 Å². The van der Waals surface area contributed by atoms with E-state index in [2.05, 4.69) is 5.32 Å². The lowest BCUT2D eigenvalue weighted by Crippen LogP contribution is -2.33. The van der Waals surface area contributed by atoms with Gasteiger partial charge in [0.05, 0.1) is 24.2 Å². The van der Waals surface area contributed by atoms with Crippen LogP contribution in [0.3, 0.4) is 0 Å². The van der Waals surface area contributed by atoms with Gasteiger partial charge in [0.2, 0.25) is 5.91 Å². The Hall–Kier alpha value is -1.56. The second-order valence-corrected chi connectivity index (χ2v) is 6.12. The van der Waals surface area contributed by atoms with Crippen LogP contribution in [0.25, 0.3) is 0 Å². The Bertz CT molecular complexity index is 491. The number of carbonyl (C=O) groups is 2. The monoisotopic (exact) mass is 327 g/mol. The second-order valence-electron chi connectivity index (χ2n) is 5.14. The van der Waals surface area contributed by atoms with E-state index in [9.17, 15) is 14.0 Å². The first kappa shape index (κ1) is 18.5. The van der Waals surface area contributed by atoms with Gasteiger partial charge in [-0.25, -0.2) is 4.39 Å². The third-order valence-corrected chi connectivity index (χ3v) is 3.88. The molecule has 1 atom stereocenters. The molecule has 0 saturated carbocycles. The highest BCUT2D eigenvalue weighted by atomic mass is 32.2. The molecule has 122 valence electrons.